The van der Waals surface area contributed by atoms with Crippen LogP contribution in [0.25, 0.3) is 11.3 Å². The van der Waals surface area contributed by atoms with Crippen LogP contribution in [0.3, 0.4) is 0 Å². The lowest BCUT2D eigenvalue weighted by atomic mass is 10.1. The molecule has 2 rings (SSSR count). The average molecular weight is 317 g/mol. The van der Waals surface area contributed by atoms with Gasteiger partial charge in [0.25, 0.3) is 5.91 Å². The number of hydrogen-bond acceptors (Lipinski definition) is 4. The maximum Gasteiger partial charge on any atom is 0.257 e. The summed E-state index contributed by atoms with van der Waals surface area (Å²) in [5, 5.41) is 13.6. The van der Waals surface area contributed by atoms with E-state index in [4.69, 9.17) is 4.74 Å². The van der Waals surface area contributed by atoms with Crippen LogP contribution in [0.2, 0.25) is 0 Å². The van der Waals surface area contributed by atoms with Crippen molar-refractivity contribution in [3.8, 4) is 17.0 Å². The Labute approximate surface area is 136 Å². The number of carbonyl (C=O) groups is 1. The third kappa shape index (κ3) is 3.71. The normalized spacial score (nSPS) is 10.6. The number of aromatic nitrogens is 2. The van der Waals surface area contributed by atoms with E-state index in [-0.39, 0.29) is 12.5 Å². The van der Waals surface area contributed by atoms with Gasteiger partial charge < -0.3 is 14.7 Å². The maximum absolute atomic E-state index is 12.9. The molecule has 0 atom stereocenters. The molecule has 0 aliphatic rings. The molecular formula is C17H23N3O3. The van der Waals surface area contributed by atoms with Crippen molar-refractivity contribution in [2.45, 2.75) is 13.3 Å². The minimum atomic E-state index is -0.130. The summed E-state index contributed by atoms with van der Waals surface area (Å²) in [7, 11) is 3.38. The van der Waals surface area contributed by atoms with Gasteiger partial charge in [0.2, 0.25) is 0 Å². The number of aliphatic hydroxyl groups is 1. The summed E-state index contributed by atoms with van der Waals surface area (Å²) in [5.41, 5.74) is 1.88. The van der Waals surface area contributed by atoms with Crippen molar-refractivity contribution in [3.05, 3.63) is 36.0 Å². The molecule has 23 heavy (non-hydrogen) atoms. The predicted molar refractivity (Wildman–Crippen MR) is 88.5 cm³/mol. The van der Waals surface area contributed by atoms with Crippen molar-refractivity contribution in [1.29, 1.82) is 0 Å². The Kier molecular flexibility index (Phi) is 5.76. The van der Waals surface area contributed by atoms with E-state index >= 15 is 0 Å². The van der Waals surface area contributed by atoms with Crippen LogP contribution in [0.5, 0.6) is 5.75 Å². The van der Waals surface area contributed by atoms with E-state index in [0.717, 1.165) is 12.0 Å². The summed E-state index contributed by atoms with van der Waals surface area (Å²) in [6.07, 6.45) is 2.54. The second-order valence-corrected chi connectivity index (χ2v) is 5.28. The molecular weight excluding hydrogens is 294 g/mol. The Morgan fingerprint density at radius 1 is 1.35 bits per heavy atom. The zero-order chi connectivity index (χ0) is 16.8. The zero-order valence-corrected chi connectivity index (χ0v) is 13.8. The zero-order valence-electron chi connectivity index (χ0n) is 13.8. The van der Waals surface area contributed by atoms with Gasteiger partial charge in [-0.2, -0.15) is 5.10 Å². The first-order valence-electron chi connectivity index (χ1n) is 7.69. The molecule has 1 amide bonds. The van der Waals surface area contributed by atoms with Crippen molar-refractivity contribution in [1.82, 2.24) is 14.7 Å². The molecule has 0 spiro atoms. The van der Waals surface area contributed by atoms with Crippen molar-refractivity contribution in [3.63, 3.8) is 0 Å². The van der Waals surface area contributed by atoms with E-state index in [1.165, 1.54) is 0 Å². The molecule has 1 aromatic carbocycles. The molecule has 0 aliphatic heterocycles. The Morgan fingerprint density at radius 2 is 2.09 bits per heavy atom. The molecule has 6 nitrogen and oxygen atoms in total. The van der Waals surface area contributed by atoms with E-state index in [9.17, 15) is 9.90 Å². The molecule has 0 unspecified atom stereocenters. The van der Waals surface area contributed by atoms with Crippen LogP contribution in [0.4, 0.5) is 0 Å². The minimum Gasteiger partial charge on any atom is -0.496 e. The van der Waals surface area contributed by atoms with E-state index in [1.807, 2.05) is 31.2 Å². The van der Waals surface area contributed by atoms with Crippen LogP contribution in [0.1, 0.15) is 23.7 Å². The summed E-state index contributed by atoms with van der Waals surface area (Å²) in [4.78, 5) is 14.5. The smallest absolute Gasteiger partial charge is 0.257 e. The maximum atomic E-state index is 12.9. The highest BCUT2D eigenvalue weighted by Gasteiger charge is 2.23. The predicted octanol–water partition coefficient (Wildman–Crippen LogP) is 1.94. The third-order valence-corrected chi connectivity index (χ3v) is 3.57. The Bertz CT molecular complexity index is 661. The number of carbonyl (C=O) groups excluding carboxylic acids is 1. The summed E-state index contributed by atoms with van der Waals surface area (Å²) in [5.74, 6) is 0.541. The Hall–Kier alpha value is -2.34. The standard InChI is InChI=1S/C17H23N3O3/c1-4-9-20(10-11-21)17(22)14-12-19(2)18-16(14)13-7-5-6-8-15(13)23-3/h5-8,12,21H,4,9-11H2,1-3H3. The molecule has 0 bridgehead atoms. The molecule has 2 aromatic rings. The molecule has 0 saturated heterocycles. The molecule has 6 heteroatoms. The van der Waals surface area contributed by atoms with Crippen molar-refractivity contribution >= 4 is 5.91 Å². The molecule has 0 saturated carbocycles. The quantitative estimate of drug-likeness (QED) is 0.847. The number of methoxy groups -OCH3 is 1. The lowest BCUT2D eigenvalue weighted by Crippen LogP contribution is -2.34. The first-order chi connectivity index (χ1) is 11.1. The van der Waals surface area contributed by atoms with Crippen LogP contribution in [0, 0.1) is 0 Å². The third-order valence-electron chi connectivity index (χ3n) is 3.57. The van der Waals surface area contributed by atoms with Crippen LogP contribution < -0.4 is 4.74 Å². The molecule has 1 N–H and O–H groups in total. The van der Waals surface area contributed by atoms with Gasteiger partial charge in [-0.25, -0.2) is 0 Å². The molecule has 0 fully saturated rings. The van der Waals surface area contributed by atoms with Crippen molar-refractivity contribution in [2.24, 2.45) is 7.05 Å². The summed E-state index contributed by atoms with van der Waals surface area (Å²) < 4.78 is 7.01. The van der Waals surface area contributed by atoms with E-state index in [1.54, 1.807) is 29.9 Å². The van der Waals surface area contributed by atoms with Gasteiger partial charge in [0.05, 0.1) is 19.3 Å². The van der Waals surface area contributed by atoms with Gasteiger partial charge in [-0.15, -0.1) is 0 Å². The highest BCUT2D eigenvalue weighted by Crippen LogP contribution is 2.31. The van der Waals surface area contributed by atoms with Crippen molar-refractivity contribution in [2.75, 3.05) is 26.8 Å². The van der Waals surface area contributed by atoms with Gasteiger partial charge in [0.1, 0.15) is 11.4 Å². The van der Waals surface area contributed by atoms with Crippen LogP contribution >= 0.6 is 0 Å². The largest absolute Gasteiger partial charge is 0.496 e. The molecule has 1 heterocycles. The van der Waals surface area contributed by atoms with E-state index < -0.39 is 0 Å². The van der Waals surface area contributed by atoms with Crippen LogP contribution in [0.15, 0.2) is 30.5 Å². The second kappa shape index (κ2) is 7.78. The summed E-state index contributed by atoms with van der Waals surface area (Å²) in [6, 6.07) is 7.49. The number of ether oxygens (including phenoxy) is 1. The van der Waals surface area contributed by atoms with Gasteiger partial charge in [0.15, 0.2) is 0 Å². The fourth-order valence-electron chi connectivity index (χ4n) is 2.56. The lowest BCUT2D eigenvalue weighted by molar-refractivity contribution is 0.0722. The lowest BCUT2D eigenvalue weighted by Gasteiger charge is -2.21. The van der Waals surface area contributed by atoms with Gasteiger partial charge in [-0.3, -0.25) is 9.48 Å². The summed E-state index contributed by atoms with van der Waals surface area (Å²) >= 11 is 0. The number of para-hydroxylation sites is 1. The second-order valence-electron chi connectivity index (χ2n) is 5.28. The number of benzene rings is 1. The number of amides is 1. The Balaban J connectivity index is 2.46. The SMILES string of the molecule is CCCN(CCO)C(=O)c1cn(C)nc1-c1ccccc1OC. The first-order valence-corrected chi connectivity index (χ1v) is 7.69. The number of aliphatic hydroxyl groups excluding tert-OH is 1. The fraction of sp³-hybridized carbons (Fsp3) is 0.412. The monoisotopic (exact) mass is 317 g/mol. The number of nitrogens with zero attached hydrogens (tertiary/aromatic N) is 3. The van der Waals surface area contributed by atoms with Gasteiger partial charge >= 0.3 is 0 Å². The number of rotatable bonds is 7. The summed E-state index contributed by atoms with van der Waals surface area (Å²) in [6.45, 7) is 2.85. The van der Waals surface area contributed by atoms with Gasteiger partial charge in [0, 0.05) is 31.9 Å². The fourth-order valence-corrected chi connectivity index (χ4v) is 2.56. The number of hydrogen-bond donors (Lipinski definition) is 1. The molecule has 124 valence electrons. The highest BCUT2D eigenvalue weighted by atomic mass is 16.5. The first kappa shape index (κ1) is 17.0. The molecule has 0 aliphatic carbocycles. The van der Waals surface area contributed by atoms with E-state index in [0.29, 0.717) is 30.1 Å². The molecule has 1 aromatic heterocycles. The van der Waals surface area contributed by atoms with Gasteiger partial charge in [-0.05, 0) is 18.6 Å². The average Bonchev–Trinajstić information content (AvgIpc) is 2.95. The highest BCUT2D eigenvalue weighted by molar-refractivity contribution is 6.00. The number of aryl methyl sites for hydroxylation is 1. The minimum absolute atomic E-state index is 0.0595. The van der Waals surface area contributed by atoms with Crippen LogP contribution in [-0.2, 0) is 7.05 Å². The van der Waals surface area contributed by atoms with Crippen LogP contribution in [-0.4, -0.2) is 52.5 Å². The molecule has 0 radical (unpaired) electrons. The Morgan fingerprint density at radius 3 is 2.74 bits per heavy atom. The van der Waals surface area contributed by atoms with Gasteiger partial charge in [-0.1, -0.05) is 19.1 Å². The van der Waals surface area contributed by atoms with Crippen molar-refractivity contribution < 1.29 is 14.6 Å². The van der Waals surface area contributed by atoms with E-state index in [2.05, 4.69) is 5.10 Å². The topological polar surface area (TPSA) is 67.6 Å².